The molecule has 5 heteroatoms. The number of carbonyl (C=O) groups excluding carboxylic acids is 2. The molecule has 1 N–H and O–H groups in total. The largest absolute Gasteiger partial charge is 0.373 e. The van der Waals surface area contributed by atoms with Gasteiger partial charge in [0, 0.05) is 5.69 Å². The van der Waals surface area contributed by atoms with E-state index in [1.165, 1.54) is 0 Å². The highest BCUT2D eigenvalue weighted by Gasteiger charge is 2.40. The number of nitrogens with one attached hydrogen (secondary N) is 1. The summed E-state index contributed by atoms with van der Waals surface area (Å²) in [4.78, 5) is 26.0. The molecule has 1 heterocycles. The standard InChI is InChI=1S/C17H15ClN2O2/c1-11-6-2-4-8-13(11)19-14-10-16(21)20(17(14)22)15-9-5-3-7-12(15)18/h2-9,14,19H,10H2,1H3. The number of carbonyl (C=O) groups is 2. The molecule has 1 unspecified atom stereocenters. The first kappa shape index (κ1) is 14.6. The number of para-hydroxylation sites is 2. The fourth-order valence-electron chi connectivity index (χ4n) is 2.55. The predicted octanol–water partition coefficient (Wildman–Crippen LogP) is 3.39. The van der Waals surface area contributed by atoms with Gasteiger partial charge in [0.05, 0.1) is 17.1 Å². The molecule has 2 aromatic rings. The van der Waals surface area contributed by atoms with Crippen LogP contribution in [0.4, 0.5) is 11.4 Å². The molecule has 0 radical (unpaired) electrons. The Morgan fingerprint density at radius 2 is 1.77 bits per heavy atom. The van der Waals surface area contributed by atoms with Crippen molar-refractivity contribution in [3.05, 3.63) is 59.1 Å². The third-order valence-electron chi connectivity index (χ3n) is 3.71. The Balaban J connectivity index is 1.86. The highest BCUT2D eigenvalue weighted by atomic mass is 35.5. The third kappa shape index (κ3) is 2.57. The molecule has 1 fully saturated rings. The van der Waals surface area contributed by atoms with E-state index in [2.05, 4.69) is 5.32 Å². The summed E-state index contributed by atoms with van der Waals surface area (Å²) in [7, 11) is 0. The molecule has 2 amide bonds. The van der Waals surface area contributed by atoms with Crippen LogP contribution in [-0.2, 0) is 9.59 Å². The van der Waals surface area contributed by atoms with Gasteiger partial charge in [-0.05, 0) is 30.7 Å². The Morgan fingerprint density at radius 3 is 2.50 bits per heavy atom. The number of amides is 2. The van der Waals surface area contributed by atoms with Gasteiger partial charge in [0.15, 0.2) is 0 Å². The van der Waals surface area contributed by atoms with Crippen LogP contribution in [0.15, 0.2) is 48.5 Å². The van der Waals surface area contributed by atoms with E-state index in [1.807, 2.05) is 31.2 Å². The van der Waals surface area contributed by atoms with Crippen molar-refractivity contribution in [1.82, 2.24) is 0 Å². The first-order valence-electron chi connectivity index (χ1n) is 7.01. The molecular formula is C17H15ClN2O2. The molecule has 1 aliphatic heterocycles. The molecule has 1 atom stereocenters. The lowest BCUT2D eigenvalue weighted by molar-refractivity contribution is -0.121. The minimum absolute atomic E-state index is 0.123. The molecule has 1 aliphatic rings. The lowest BCUT2D eigenvalue weighted by Crippen LogP contribution is -2.35. The maximum Gasteiger partial charge on any atom is 0.256 e. The second-order valence-corrected chi connectivity index (χ2v) is 5.64. The van der Waals surface area contributed by atoms with Gasteiger partial charge < -0.3 is 5.32 Å². The fourth-order valence-corrected chi connectivity index (χ4v) is 2.77. The van der Waals surface area contributed by atoms with Gasteiger partial charge in [-0.3, -0.25) is 9.59 Å². The van der Waals surface area contributed by atoms with E-state index in [0.717, 1.165) is 16.2 Å². The first-order valence-corrected chi connectivity index (χ1v) is 7.39. The molecule has 22 heavy (non-hydrogen) atoms. The SMILES string of the molecule is Cc1ccccc1NC1CC(=O)N(c2ccccc2Cl)C1=O. The lowest BCUT2D eigenvalue weighted by Gasteiger charge is -2.17. The van der Waals surface area contributed by atoms with Crippen molar-refractivity contribution in [2.24, 2.45) is 0 Å². The maximum absolute atomic E-state index is 12.6. The van der Waals surface area contributed by atoms with Crippen LogP contribution in [-0.4, -0.2) is 17.9 Å². The van der Waals surface area contributed by atoms with Crippen LogP contribution in [0.5, 0.6) is 0 Å². The molecule has 1 saturated heterocycles. The number of nitrogens with zero attached hydrogens (tertiary/aromatic N) is 1. The van der Waals surface area contributed by atoms with E-state index >= 15 is 0 Å². The van der Waals surface area contributed by atoms with E-state index in [1.54, 1.807) is 24.3 Å². The molecule has 0 bridgehead atoms. The van der Waals surface area contributed by atoms with Crippen LogP contribution in [0.3, 0.4) is 0 Å². The van der Waals surface area contributed by atoms with Crippen LogP contribution in [0.1, 0.15) is 12.0 Å². The van der Waals surface area contributed by atoms with Crippen molar-refractivity contribution in [1.29, 1.82) is 0 Å². The summed E-state index contributed by atoms with van der Waals surface area (Å²) < 4.78 is 0. The Labute approximate surface area is 133 Å². The summed E-state index contributed by atoms with van der Waals surface area (Å²) in [6.07, 6.45) is 0.123. The Kier molecular flexibility index (Phi) is 3.86. The highest BCUT2D eigenvalue weighted by Crippen LogP contribution is 2.31. The van der Waals surface area contributed by atoms with Gasteiger partial charge in [-0.15, -0.1) is 0 Å². The average Bonchev–Trinajstić information content (AvgIpc) is 2.77. The zero-order valence-corrected chi connectivity index (χ0v) is 12.8. The number of imide groups is 1. The van der Waals surface area contributed by atoms with Gasteiger partial charge in [0.1, 0.15) is 6.04 Å². The van der Waals surface area contributed by atoms with Gasteiger partial charge in [0.25, 0.3) is 5.91 Å². The second kappa shape index (κ2) is 5.81. The zero-order chi connectivity index (χ0) is 15.7. The second-order valence-electron chi connectivity index (χ2n) is 5.23. The van der Waals surface area contributed by atoms with Gasteiger partial charge >= 0.3 is 0 Å². The average molecular weight is 315 g/mol. The predicted molar refractivity (Wildman–Crippen MR) is 87.2 cm³/mol. The van der Waals surface area contributed by atoms with Crippen LogP contribution >= 0.6 is 11.6 Å². The number of rotatable bonds is 3. The van der Waals surface area contributed by atoms with Gasteiger partial charge in [-0.1, -0.05) is 41.9 Å². The normalized spacial score (nSPS) is 17.9. The third-order valence-corrected chi connectivity index (χ3v) is 4.03. The van der Waals surface area contributed by atoms with E-state index in [9.17, 15) is 9.59 Å². The van der Waals surface area contributed by atoms with Crippen LogP contribution in [0, 0.1) is 6.92 Å². The number of aryl methyl sites for hydroxylation is 1. The van der Waals surface area contributed by atoms with Gasteiger partial charge in [-0.2, -0.15) is 0 Å². The highest BCUT2D eigenvalue weighted by molar-refractivity contribution is 6.36. The summed E-state index contributed by atoms with van der Waals surface area (Å²) in [5.74, 6) is -0.523. The fraction of sp³-hybridized carbons (Fsp3) is 0.176. The number of anilines is 2. The van der Waals surface area contributed by atoms with Crippen molar-refractivity contribution in [3.8, 4) is 0 Å². The molecule has 4 nitrogen and oxygen atoms in total. The molecule has 0 aliphatic carbocycles. The monoisotopic (exact) mass is 314 g/mol. The van der Waals surface area contributed by atoms with Crippen molar-refractivity contribution in [2.45, 2.75) is 19.4 Å². The topological polar surface area (TPSA) is 49.4 Å². The molecule has 112 valence electrons. The summed E-state index contributed by atoms with van der Waals surface area (Å²) in [5, 5.41) is 3.54. The number of hydrogen-bond acceptors (Lipinski definition) is 3. The van der Waals surface area contributed by atoms with Crippen molar-refractivity contribution < 1.29 is 9.59 Å². The Morgan fingerprint density at radius 1 is 1.09 bits per heavy atom. The van der Waals surface area contributed by atoms with Crippen molar-refractivity contribution >= 4 is 34.8 Å². The van der Waals surface area contributed by atoms with Gasteiger partial charge in [-0.25, -0.2) is 4.90 Å². The molecule has 0 saturated carbocycles. The number of hydrogen-bond donors (Lipinski definition) is 1. The smallest absolute Gasteiger partial charge is 0.256 e. The van der Waals surface area contributed by atoms with Crippen molar-refractivity contribution in [3.63, 3.8) is 0 Å². The Hall–Kier alpha value is -2.33. The molecule has 0 spiro atoms. The molecule has 0 aromatic heterocycles. The van der Waals surface area contributed by atoms with Crippen LogP contribution in [0.2, 0.25) is 5.02 Å². The van der Waals surface area contributed by atoms with E-state index in [-0.39, 0.29) is 18.2 Å². The van der Waals surface area contributed by atoms with Crippen LogP contribution < -0.4 is 10.2 Å². The molecular weight excluding hydrogens is 300 g/mol. The maximum atomic E-state index is 12.6. The number of benzene rings is 2. The lowest BCUT2D eigenvalue weighted by atomic mass is 10.1. The summed E-state index contributed by atoms with van der Waals surface area (Å²) in [6.45, 7) is 1.95. The zero-order valence-electron chi connectivity index (χ0n) is 12.0. The van der Waals surface area contributed by atoms with E-state index in [0.29, 0.717) is 10.7 Å². The minimum Gasteiger partial charge on any atom is -0.373 e. The summed E-state index contributed by atoms with van der Waals surface area (Å²) in [5.41, 5.74) is 2.32. The molecule has 3 rings (SSSR count). The summed E-state index contributed by atoms with van der Waals surface area (Å²) >= 11 is 6.10. The minimum atomic E-state index is -0.565. The molecule has 2 aromatic carbocycles. The number of halogens is 1. The van der Waals surface area contributed by atoms with Crippen LogP contribution in [0.25, 0.3) is 0 Å². The van der Waals surface area contributed by atoms with E-state index < -0.39 is 6.04 Å². The quantitative estimate of drug-likeness (QED) is 0.883. The van der Waals surface area contributed by atoms with Gasteiger partial charge in [0.2, 0.25) is 5.91 Å². The Bertz CT molecular complexity index is 745. The summed E-state index contributed by atoms with van der Waals surface area (Å²) in [6, 6.07) is 14.0. The van der Waals surface area contributed by atoms with E-state index in [4.69, 9.17) is 11.6 Å². The van der Waals surface area contributed by atoms with Crippen molar-refractivity contribution in [2.75, 3.05) is 10.2 Å². The first-order chi connectivity index (χ1) is 10.6.